The van der Waals surface area contributed by atoms with Crippen LogP contribution in [-0.2, 0) is 4.74 Å². The van der Waals surface area contributed by atoms with Gasteiger partial charge in [0.15, 0.2) is 0 Å². The van der Waals surface area contributed by atoms with E-state index in [4.69, 9.17) is 9.47 Å². The highest BCUT2D eigenvalue weighted by Crippen LogP contribution is 2.11. The van der Waals surface area contributed by atoms with Gasteiger partial charge < -0.3 is 20.1 Å². The van der Waals surface area contributed by atoms with E-state index in [1.807, 2.05) is 20.8 Å². The largest absolute Gasteiger partial charge is 0.464 e. The van der Waals surface area contributed by atoms with E-state index in [1.54, 1.807) is 7.11 Å². The summed E-state index contributed by atoms with van der Waals surface area (Å²) in [5.74, 6) is 0.983. The molecule has 1 aromatic heterocycles. The first-order valence-corrected chi connectivity index (χ1v) is 6.09. The molecular weight excluding hydrogens is 234 g/mol. The Balaban J connectivity index is 2.75. The van der Waals surface area contributed by atoms with Crippen LogP contribution in [0.3, 0.4) is 0 Å². The van der Waals surface area contributed by atoms with Crippen molar-refractivity contribution in [3.05, 3.63) is 0 Å². The van der Waals surface area contributed by atoms with E-state index >= 15 is 0 Å². The lowest BCUT2D eigenvalue weighted by atomic mass is 10.4. The Morgan fingerprint density at radius 2 is 1.78 bits per heavy atom. The highest BCUT2D eigenvalue weighted by molar-refractivity contribution is 5.35. The van der Waals surface area contributed by atoms with E-state index in [0.29, 0.717) is 31.1 Å². The molecule has 0 aliphatic carbocycles. The Bertz CT molecular complexity index is 337. The zero-order valence-corrected chi connectivity index (χ0v) is 11.4. The molecule has 0 aliphatic heterocycles. The maximum atomic E-state index is 5.29. The van der Waals surface area contributed by atoms with E-state index < -0.39 is 0 Å². The van der Waals surface area contributed by atoms with Crippen LogP contribution in [0.4, 0.5) is 11.9 Å². The van der Waals surface area contributed by atoms with E-state index in [0.717, 1.165) is 6.54 Å². The van der Waals surface area contributed by atoms with Crippen molar-refractivity contribution in [2.45, 2.75) is 26.9 Å². The van der Waals surface area contributed by atoms with Crippen molar-refractivity contribution in [3.63, 3.8) is 0 Å². The van der Waals surface area contributed by atoms with Gasteiger partial charge >= 0.3 is 6.01 Å². The Kier molecular flexibility index (Phi) is 6.13. The third-order valence-electron chi connectivity index (χ3n) is 2.17. The van der Waals surface area contributed by atoms with Crippen molar-refractivity contribution in [1.29, 1.82) is 0 Å². The van der Waals surface area contributed by atoms with Crippen LogP contribution < -0.4 is 15.4 Å². The number of rotatable bonds is 8. The predicted octanol–water partition coefficient (Wildman–Crippen LogP) is 1.15. The Morgan fingerprint density at radius 3 is 2.33 bits per heavy atom. The smallest absolute Gasteiger partial charge is 0.323 e. The Morgan fingerprint density at radius 1 is 1.11 bits per heavy atom. The highest BCUT2D eigenvalue weighted by Gasteiger charge is 2.07. The normalized spacial score (nSPS) is 12.0. The van der Waals surface area contributed by atoms with Crippen molar-refractivity contribution in [3.8, 4) is 6.01 Å². The molecule has 0 saturated carbocycles. The summed E-state index contributed by atoms with van der Waals surface area (Å²) in [6.45, 7) is 7.70. The first-order valence-electron chi connectivity index (χ1n) is 6.09. The van der Waals surface area contributed by atoms with Crippen LogP contribution in [0.25, 0.3) is 0 Å². The van der Waals surface area contributed by atoms with Crippen LogP contribution in [0.5, 0.6) is 6.01 Å². The first kappa shape index (κ1) is 14.4. The number of aromatic nitrogens is 3. The van der Waals surface area contributed by atoms with Crippen molar-refractivity contribution in [1.82, 2.24) is 15.0 Å². The summed E-state index contributed by atoms with van der Waals surface area (Å²) in [6, 6.07) is 0.316. The van der Waals surface area contributed by atoms with Crippen molar-refractivity contribution in [2.24, 2.45) is 0 Å². The maximum absolute atomic E-state index is 5.29. The average molecular weight is 255 g/mol. The third kappa shape index (κ3) is 4.70. The lowest BCUT2D eigenvalue weighted by Gasteiger charge is -2.12. The number of nitrogens with one attached hydrogen (secondary N) is 2. The van der Waals surface area contributed by atoms with Gasteiger partial charge in [-0.3, -0.25) is 0 Å². The highest BCUT2D eigenvalue weighted by atomic mass is 16.5. The summed E-state index contributed by atoms with van der Waals surface area (Å²) in [4.78, 5) is 12.5. The number of methoxy groups -OCH3 is 1. The molecule has 7 heteroatoms. The molecule has 0 spiro atoms. The minimum Gasteiger partial charge on any atom is -0.464 e. The van der Waals surface area contributed by atoms with Gasteiger partial charge in [-0.05, 0) is 20.8 Å². The van der Waals surface area contributed by atoms with Gasteiger partial charge in [-0.15, -0.1) is 0 Å². The van der Waals surface area contributed by atoms with Gasteiger partial charge in [-0.1, -0.05) is 0 Å². The zero-order valence-electron chi connectivity index (χ0n) is 11.4. The fraction of sp³-hybridized carbons (Fsp3) is 0.727. The predicted molar refractivity (Wildman–Crippen MR) is 70.1 cm³/mol. The Hall–Kier alpha value is -1.63. The van der Waals surface area contributed by atoms with Crippen molar-refractivity contribution in [2.75, 3.05) is 37.4 Å². The third-order valence-corrected chi connectivity index (χ3v) is 2.17. The van der Waals surface area contributed by atoms with E-state index in [-0.39, 0.29) is 6.10 Å². The fourth-order valence-corrected chi connectivity index (χ4v) is 1.18. The molecule has 0 aliphatic rings. The molecule has 0 fully saturated rings. The molecule has 7 nitrogen and oxygen atoms in total. The molecule has 0 saturated heterocycles. The number of hydrogen-bond acceptors (Lipinski definition) is 7. The van der Waals surface area contributed by atoms with Crippen LogP contribution in [0.1, 0.15) is 20.8 Å². The topological polar surface area (TPSA) is 81.2 Å². The average Bonchev–Trinajstić information content (AvgIpc) is 2.36. The number of ether oxygens (including phenoxy) is 2. The van der Waals surface area contributed by atoms with Crippen molar-refractivity contribution >= 4 is 11.9 Å². The molecule has 1 rings (SSSR count). The van der Waals surface area contributed by atoms with Gasteiger partial charge in [0.25, 0.3) is 0 Å². The molecule has 0 radical (unpaired) electrons. The summed E-state index contributed by atoms with van der Waals surface area (Å²) in [5, 5.41) is 6.12. The maximum Gasteiger partial charge on any atom is 0.323 e. The van der Waals surface area contributed by atoms with Gasteiger partial charge in [-0.2, -0.15) is 15.0 Å². The first-order chi connectivity index (χ1) is 8.69. The molecule has 1 atom stereocenters. The summed E-state index contributed by atoms with van der Waals surface area (Å²) < 4.78 is 10.4. The van der Waals surface area contributed by atoms with Gasteiger partial charge in [-0.25, -0.2) is 0 Å². The molecule has 18 heavy (non-hydrogen) atoms. The second-order valence-electron chi connectivity index (χ2n) is 3.66. The van der Waals surface area contributed by atoms with Gasteiger partial charge in [0.05, 0.1) is 12.7 Å². The van der Waals surface area contributed by atoms with Crippen molar-refractivity contribution < 1.29 is 9.47 Å². The summed E-state index contributed by atoms with van der Waals surface area (Å²) in [6.07, 6.45) is 0.0832. The van der Waals surface area contributed by atoms with Gasteiger partial charge in [0.2, 0.25) is 11.9 Å². The van der Waals surface area contributed by atoms with E-state index in [2.05, 4.69) is 25.6 Å². The molecule has 0 amide bonds. The lowest BCUT2D eigenvalue weighted by Crippen LogP contribution is -2.20. The minimum absolute atomic E-state index is 0.0832. The molecule has 1 aromatic rings. The van der Waals surface area contributed by atoms with Crippen LogP contribution in [0.15, 0.2) is 0 Å². The number of anilines is 2. The minimum atomic E-state index is 0.0832. The lowest BCUT2D eigenvalue weighted by molar-refractivity contribution is 0.128. The quantitative estimate of drug-likeness (QED) is 0.721. The Labute approximate surface area is 107 Å². The molecular formula is C11H21N5O2. The monoisotopic (exact) mass is 255 g/mol. The number of hydrogen-bond donors (Lipinski definition) is 2. The zero-order chi connectivity index (χ0) is 13.4. The van der Waals surface area contributed by atoms with Crippen LogP contribution in [-0.4, -0.2) is 47.9 Å². The molecule has 2 N–H and O–H groups in total. The van der Waals surface area contributed by atoms with Crippen LogP contribution in [0, 0.1) is 0 Å². The second kappa shape index (κ2) is 7.65. The van der Waals surface area contributed by atoms with Crippen LogP contribution >= 0.6 is 0 Å². The van der Waals surface area contributed by atoms with Crippen LogP contribution in [0.2, 0.25) is 0 Å². The van der Waals surface area contributed by atoms with E-state index in [1.165, 1.54) is 0 Å². The molecule has 102 valence electrons. The molecule has 1 heterocycles. The summed E-state index contributed by atoms with van der Waals surface area (Å²) >= 11 is 0. The molecule has 0 aromatic carbocycles. The standard InChI is InChI=1S/C11H21N5O2/c1-5-12-9-14-10(13-7-8(3)17-4)16-11(15-9)18-6-2/h8H,5-7H2,1-4H3,(H2,12,13,14,15,16). The second-order valence-corrected chi connectivity index (χ2v) is 3.66. The number of nitrogens with zero attached hydrogens (tertiary/aromatic N) is 3. The SMILES string of the molecule is CCNc1nc(NCC(C)OC)nc(OCC)n1. The summed E-state index contributed by atoms with van der Waals surface area (Å²) in [5.41, 5.74) is 0. The summed E-state index contributed by atoms with van der Waals surface area (Å²) in [7, 11) is 1.66. The van der Waals surface area contributed by atoms with Gasteiger partial charge in [0, 0.05) is 20.2 Å². The van der Waals surface area contributed by atoms with E-state index in [9.17, 15) is 0 Å². The molecule has 1 unspecified atom stereocenters. The fourth-order valence-electron chi connectivity index (χ4n) is 1.18. The van der Waals surface area contributed by atoms with Gasteiger partial charge in [0.1, 0.15) is 0 Å². The molecule has 0 bridgehead atoms.